The maximum Gasteiger partial charge on any atom is 0.238 e. The molecule has 0 aromatic heterocycles. The van der Waals surface area contributed by atoms with E-state index in [9.17, 15) is 14.4 Å². The highest BCUT2D eigenvalue weighted by molar-refractivity contribution is 5.99. The number of amides is 2. The second-order valence-corrected chi connectivity index (χ2v) is 9.50. The van der Waals surface area contributed by atoms with Gasteiger partial charge in [0.2, 0.25) is 11.8 Å². The van der Waals surface area contributed by atoms with Crippen molar-refractivity contribution in [3.05, 3.63) is 63.7 Å². The van der Waals surface area contributed by atoms with Gasteiger partial charge in [0.15, 0.2) is 5.78 Å². The summed E-state index contributed by atoms with van der Waals surface area (Å²) in [7, 11) is 0. The molecule has 0 unspecified atom stereocenters. The molecule has 0 aliphatic carbocycles. The third-order valence-electron chi connectivity index (χ3n) is 6.72. The van der Waals surface area contributed by atoms with Gasteiger partial charge in [-0.1, -0.05) is 29.8 Å². The zero-order chi connectivity index (χ0) is 24.8. The van der Waals surface area contributed by atoms with E-state index < -0.39 is 0 Å². The van der Waals surface area contributed by atoms with Crippen LogP contribution in [-0.2, 0) is 9.59 Å². The first-order valence-corrected chi connectivity index (χ1v) is 12.1. The van der Waals surface area contributed by atoms with E-state index in [1.165, 1.54) is 0 Å². The molecular formula is C28H37N3O3. The van der Waals surface area contributed by atoms with Crippen LogP contribution in [0.1, 0.15) is 57.4 Å². The highest BCUT2D eigenvalue weighted by Gasteiger charge is 2.23. The zero-order valence-corrected chi connectivity index (χ0v) is 21.2. The van der Waals surface area contributed by atoms with Crippen LogP contribution in [0.2, 0.25) is 0 Å². The fourth-order valence-electron chi connectivity index (χ4n) is 4.74. The van der Waals surface area contributed by atoms with E-state index in [0.29, 0.717) is 52.0 Å². The van der Waals surface area contributed by atoms with Gasteiger partial charge in [-0.3, -0.25) is 19.3 Å². The molecule has 0 spiro atoms. The number of Topliss-reactive ketones (excluding diaryl/α,β-unsaturated/α-hetero) is 1. The van der Waals surface area contributed by atoms with Crippen LogP contribution in [0.3, 0.4) is 0 Å². The number of carbonyl (C=O) groups is 3. The van der Waals surface area contributed by atoms with Gasteiger partial charge < -0.3 is 10.2 Å². The molecule has 0 radical (unpaired) electrons. The summed E-state index contributed by atoms with van der Waals surface area (Å²) in [5, 5.41) is 3.00. The van der Waals surface area contributed by atoms with Crippen LogP contribution >= 0.6 is 0 Å². The number of aryl methyl sites for hydroxylation is 4. The third kappa shape index (κ3) is 6.54. The van der Waals surface area contributed by atoms with Crippen LogP contribution in [0.5, 0.6) is 0 Å². The van der Waals surface area contributed by atoms with Gasteiger partial charge in [0.05, 0.1) is 6.54 Å². The topological polar surface area (TPSA) is 69.7 Å². The van der Waals surface area contributed by atoms with E-state index >= 15 is 0 Å². The van der Waals surface area contributed by atoms with Crippen molar-refractivity contribution in [3.8, 4) is 0 Å². The summed E-state index contributed by atoms with van der Waals surface area (Å²) in [5.74, 6) is 0.167. The number of hydrogen-bond donors (Lipinski definition) is 1. The number of benzene rings is 2. The quantitative estimate of drug-likeness (QED) is 0.591. The maximum atomic E-state index is 12.7. The van der Waals surface area contributed by atoms with E-state index in [-0.39, 0.29) is 17.6 Å². The van der Waals surface area contributed by atoms with Gasteiger partial charge in [-0.05, 0) is 69.4 Å². The molecule has 1 aliphatic rings. The maximum absolute atomic E-state index is 12.7. The van der Waals surface area contributed by atoms with Crippen molar-refractivity contribution in [1.82, 2.24) is 9.80 Å². The second kappa shape index (κ2) is 11.4. The second-order valence-electron chi connectivity index (χ2n) is 9.50. The van der Waals surface area contributed by atoms with Crippen molar-refractivity contribution in [3.63, 3.8) is 0 Å². The van der Waals surface area contributed by atoms with E-state index in [2.05, 4.69) is 10.2 Å². The molecule has 6 nitrogen and oxygen atoms in total. The van der Waals surface area contributed by atoms with Crippen LogP contribution in [0.4, 0.5) is 5.69 Å². The lowest BCUT2D eigenvalue weighted by Gasteiger charge is -2.34. The number of nitrogens with zero attached hydrogens (tertiary/aromatic N) is 2. The normalized spacial score (nSPS) is 14.2. The largest absolute Gasteiger partial charge is 0.340 e. The van der Waals surface area contributed by atoms with Crippen molar-refractivity contribution in [2.45, 2.75) is 53.9 Å². The predicted octanol–water partition coefficient (Wildman–Crippen LogP) is 4.36. The average molecular weight is 464 g/mol. The summed E-state index contributed by atoms with van der Waals surface area (Å²) < 4.78 is 0. The summed E-state index contributed by atoms with van der Waals surface area (Å²) in [6.45, 7) is 12.9. The van der Waals surface area contributed by atoms with Crippen molar-refractivity contribution < 1.29 is 14.4 Å². The highest BCUT2D eigenvalue weighted by Crippen LogP contribution is 2.20. The number of carbonyl (C=O) groups excluding carboxylic acids is 3. The monoisotopic (exact) mass is 463 g/mol. The summed E-state index contributed by atoms with van der Waals surface area (Å²) in [4.78, 5) is 41.8. The third-order valence-corrected chi connectivity index (χ3v) is 6.72. The number of hydrogen-bond acceptors (Lipinski definition) is 4. The van der Waals surface area contributed by atoms with Crippen molar-refractivity contribution in [2.75, 3.05) is 38.0 Å². The van der Waals surface area contributed by atoms with Gasteiger partial charge >= 0.3 is 0 Å². The molecule has 1 saturated heterocycles. The fraction of sp³-hybridized carbons (Fsp3) is 0.464. The van der Waals surface area contributed by atoms with E-state index in [4.69, 9.17) is 0 Å². The van der Waals surface area contributed by atoms with Crippen LogP contribution in [0.15, 0.2) is 30.3 Å². The van der Waals surface area contributed by atoms with Gasteiger partial charge in [0.25, 0.3) is 0 Å². The lowest BCUT2D eigenvalue weighted by Crippen LogP contribution is -2.50. The first-order chi connectivity index (χ1) is 16.2. The Morgan fingerprint density at radius 2 is 1.50 bits per heavy atom. The Bertz CT molecular complexity index is 1050. The molecule has 0 atom stereocenters. The van der Waals surface area contributed by atoms with Gasteiger partial charge in [0.1, 0.15) is 0 Å². The zero-order valence-electron chi connectivity index (χ0n) is 21.2. The number of anilines is 1. The molecule has 0 saturated carbocycles. The Balaban J connectivity index is 1.40. The molecule has 0 bridgehead atoms. The van der Waals surface area contributed by atoms with Gasteiger partial charge in [0, 0.05) is 50.3 Å². The van der Waals surface area contributed by atoms with Crippen LogP contribution in [0, 0.1) is 34.6 Å². The summed E-state index contributed by atoms with van der Waals surface area (Å²) >= 11 is 0. The minimum absolute atomic E-state index is 0.0336. The average Bonchev–Trinajstić information content (AvgIpc) is 2.76. The molecular weight excluding hydrogens is 426 g/mol. The number of nitrogens with one attached hydrogen (secondary N) is 1. The lowest BCUT2D eigenvalue weighted by molar-refractivity contribution is -0.133. The Hall–Kier alpha value is -2.99. The molecule has 1 fully saturated rings. The van der Waals surface area contributed by atoms with Crippen molar-refractivity contribution >= 4 is 23.3 Å². The molecule has 182 valence electrons. The molecule has 1 aliphatic heterocycles. The van der Waals surface area contributed by atoms with Gasteiger partial charge in [-0.25, -0.2) is 0 Å². The van der Waals surface area contributed by atoms with Gasteiger partial charge in [-0.15, -0.1) is 0 Å². The minimum atomic E-state index is -0.0336. The summed E-state index contributed by atoms with van der Waals surface area (Å²) in [6.07, 6.45) is 1.32. The Morgan fingerprint density at radius 3 is 2.15 bits per heavy atom. The first kappa shape index (κ1) is 25.6. The van der Waals surface area contributed by atoms with Crippen LogP contribution in [0.25, 0.3) is 0 Å². The Morgan fingerprint density at radius 1 is 0.853 bits per heavy atom. The number of ketones is 1. The minimum Gasteiger partial charge on any atom is -0.340 e. The predicted molar refractivity (Wildman–Crippen MR) is 136 cm³/mol. The van der Waals surface area contributed by atoms with Crippen LogP contribution < -0.4 is 5.32 Å². The summed E-state index contributed by atoms with van der Waals surface area (Å²) in [5.41, 5.74) is 7.05. The molecule has 2 aromatic carbocycles. The molecule has 6 heteroatoms. The highest BCUT2D eigenvalue weighted by atomic mass is 16.2. The number of piperazine rings is 1. The van der Waals surface area contributed by atoms with Crippen LogP contribution in [-0.4, -0.2) is 60.1 Å². The first-order valence-electron chi connectivity index (χ1n) is 12.1. The summed E-state index contributed by atoms with van der Waals surface area (Å²) in [6, 6.07) is 9.96. The Labute approximate surface area is 203 Å². The molecule has 1 N–H and O–H groups in total. The van der Waals surface area contributed by atoms with E-state index in [1.54, 1.807) is 0 Å². The van der Waals surface area contributed by atoms with Crippen molar-refractivity contribution in [1.29, 1.82) is 0 Å². The smallest absolute Gasteiger partial charge is 0.238 e. The Kier molecular flexibility index (Phi) is 8.61. The SMILES string of the molecule is Cc1cc(C)c(C(=O)CCCC(=O)N2CCN(CC(=O)Nc3cccc(C)c3C)CC2)c(C)c1. The van der Waals surface area contributed by atoms with Crippen molar-refractivity contribution in [2.24, 2.45) is 0 Å². The molecule has 2 amide bonds. The molecule has 34 heavy (non-hydrogen) atoms. The molecule has 3 rings (SSSR count). The molecule has 2 aromatic rings. The molecule has 1 heterocycles. The van der Waals surface area contributed by atoms with E-state index in [0.717, 1.165) is 39.1 Å². The number of rotatable bonds is 8. The van der Waals surface area contributed by atoms with E-state index in [1.807, 2.05) is 69.9 Å². The lowest BCUT2D eigenvalue weighted by atomic mass is 9.94. The fourth-order valence-corrected chi connectivity index (χ4v) is 4.74. The standard InChI is InChI=1S/C28H37N3O3/c1-19-16-21(3)28(22(4)17-19)25(32)10-7-11-27(34)31-14-12-30(13-15-31)18-26(33)29-24-9-6-8-20(2)23(24)5/h6,8-9,16-17H,7,10-15,18H2,1-5H3,(H,29,33). The van der Waals surface area contributed by atoms with Gasteiger partial charge in [-0.2, -0.15) is 0 Å².